The van der Waals surface area contributed by atoms with E-state index in [1.165, 1.54) is 32.6 Å². The highest BCUT2D eigenvalue weighted by Gasteiger charge is 2.44. The summed E-state index contributed by atoms with van der Waals surface area (Å²) in [6, 6.07) is 40.0. The third kappa shape index (κ3) is 4.88. The maximum absolute atomic E-state index is 5.92. The van der Waals surface area contributed by atoms with Crippen LogP contribution in [0.25, 0.3) is 5.57 Å². The molecule has 0 aliphatic carbocycles. The zero-order valence-electron chi connectivity index (χ0n) is 20.6. The quantitative estimate of drug-likeness (QED) is 0.231. The summed E-state index contributed by atoms with van der Waals surface area (Å²) in [4.78, 5) is 0. The Bertz CT molecular complexity index is 1200. The zero-order valence-corrected chi connectivity index (χ0v) is 23.3. The van der Waals surface area contributed by atoms with Crippen molar-refractivity contribution in [2.24, 2.45) is 0 Å². The second kappa shape index (κ2) is 10.5. The van der Waals surface area contributed by atoms with Gasteiger partial charge in [0.1, 0.15) is 28.9 Å². The summed E-state index contributed by atoms with van der Waals surface area (Å²) in [6.07, 6.45) is 3.44. The summed E-state index contributed by atoms with van der Waals surface area (Å²) in [7, 11) is -1.87. The van der Waals surface area contributed by atoms with Crippen LogP contribution in [0.2, 0.25) is 0 Å². The van der Waals surface area contributed by atoms with Crippen molar-refractivity contribution in [1.29, 1.82) is 0 Å². The van der Waals surface area contributed by atoms with E-state index in [1.807, 2.05) is 0 Å². The number of halogens is 1. The Balaban J connectivity index is 0.00000289. The molecule has 4 aromatic rings. The Kier molecular flexibility index (Phi) is 7.64. The van der Waals surface area contributed by atoms with E-state index in [9.17, 15) is 0 Å². The summed E-state index contributed by atoms with van der Waals surface area (Å²) in [5, 5.41) is 4.25. The van der Waals surface area contributed by atoms with Gasteiger partial charge in [-0.05, 0) is 72.7 Å². The molecule has 4 aromatic carbocycles. The van der Waals surface area contributed by atoms with Gasteiger partial charge < -0.3 is 4.74 Å². The van der Waals surface area contributed by atoms with Gasteiger partial charge in [0.05, 0.1) is 12.8 Å². The number of hydrogen-bond acceptors (Lipinski definition) is 1. The predicted octanol–water partition coefficient (Wildman–Crippen LogP) is 7.33. The van der Waals surface area contributed by atoms with E-state index in [2.05, 4.69) is 136 Å². The second-order valence-electron chi connectivity index (χ2n) is 9.77. The lowest BCUT2D eigenvalue weighted by molar-refractivity contribution is 0.291. The Morgan fingerprint density at radius 3 is 1.74 bits per heavy atom. The molecule has 0 fully saturated rings. The first-order valence-electron chi connectivity index (χ1n) is 12.0. The number of rotatable bonds is 6. The smallest absolute Gasteiger partial charge is 0.123 e. The molecule has 0 saturated carbocycles. The van der Waals surface area contributed by atoms with E-state index < -0.39 is 7.26 Å². The fourth-order valence-electron chi connectivity index (χ4n) is 4.97. The zero-order chi connectivity index (χ0) is 23.6. The summed E-state index contributed by atoms with van der Waals surface area (Å²) in [5.74, 6) is 1.03. The number of benzene rings is 4. The fraction of sp³-hybridized carbons (Fsp3) is 0.188. The molecule has 1 heterocycles. The van der Waals surface area contributed by atoms with E-state index >= 15 is 0 Å². The minimum absolute atomic E-state index is 0. The van der Waals surface area contributed by atoms with Crippen molar-refractivity contribution < 1.29 is 4.74 Å². The summed E-state index contributed by atoms with van der Waals surface area (Å²) < 4.78 is 5.92. The Hall–Kier alpha value is -2.67. The fourth-order valence-corrected chi connectivity index (χ4v) is 9.09. The summed E-state index contributed by atoms with van der Waals surface area (Å²) in [5.41, 5.74) is 3.97. The maximum atomic E-state index is 5.92. The first-order valence-corrected chi connectivity index (χ1v) is 14.0. The number of hydrogen-bond donors (Lipinski definition) is 0. The van der Waals surface area contributed by atoms with Crippen LogP contribution in [0, 0.1) is 0 Å². The van der Waals surface area contributed by atoms with Crippen molar-refractivity contribution in [2.75, 3.05) is 12.8 Å². The maximum Gasteiger partial charge on any atom is 0.123 e. The molecule has 0 radical (unpaired) electrons. The number of allylic oxidation sites excluding steroid dienone is 2. The SMILES string of the molecule is Br.C/C(=C\C[P+](c1ccccc1)(c1ccccc1)c1ccccc1)c1ccc2c(c1)C(C)(C)CO2. The van der Waals surface area contributed by atoms with Gasteiger partial charge in [-0.1, -0.05) is 74.5 Å². The molecule has 0 aromatic heterocycles. The van der Waals surface area contributed by atoms with Gasteiger partial charge in [0.15, 0.2) is 0 Å². The molecule has 0 unspecified atom stereocenters. The minimum Gasteiger partial charge on any atom is -0.492 e. The van der Waals surface area contributed by atoms with Gasteiger partial charge in [0.25, 0.3) is 0 Å². The molecule has 1 nitrogen and oxygen atoms in total. The van der Waals surface area contributed by atoms with Crippen LogP contribution in [0.1, 0.15) is 31.9 Å². The van der Waals surface area contributed by atoms with E-state index in [0.717, 1.165) is 18.5 Å². The van der Waals surface area contributed by atoms with Crippen molar-refractivity contribution in [2.45, 2.75) is 26.2 Å². The van der Waals surface area contributed by atoms with Crippen LogP contribution in [0.4, 0.5) is 0 Å². The van der Waals surface area contributed by atoms with E-state index in [-0.39, 0.29) is 22.4 Å². The number of fused-ring (bicyclic) bond motifs is 1. The van der Waals surface area contributed by atoms with E-state index in [1.54, 1.807) is 0 Å². The van der Waals surface area contributed by atoms with Gasteiger partial charge in [0.2, 0.25) is 0 Å². The molecule has 1 aliphatic rings. The van der Waals surface area contributed by atoms with Crippen molar-refractivity contribution in [1.82, 2.24) is 0 Å². The first-order chi connectivity index (χ1) is 16.5. The van der Waals surface area contributed by atoms with Crippen LogP contribution in [0.5, 0.6) is 5.75 Å². The Morgan fingerprint density at radius 1 is 0.771 bits per heavy atom. The lowest BCUT2D eigenvalue weighted by Gasteiger charge is -2.27. The van der Waals surface area contributed by atoms with Crippen molar-refractivity contribution in [3.63, 3.8) is 0 Å². The van der Waals surface area contributed by atoms with Crippen LogP contribution in [0.15, 0.2) is 115 Å². The third-order valence-corrected chi connectivity index (χ3v) is 11.3. The highest BCUT2D eigenvalue weighted by Crippen LogP contribution is 2.55. The highest BCUT2D eigenvalue weighted by atomic mass is 79.9. The molecule has 0 bridgehead atoms. The lowest BCUT2D eigenvalue weighted by atomic mass is 9.85. The molecule has 0 spiro atoms. The molecule has 5 rings (SSSR count). The minimum atomic E-state index is -1.87. The second-order valence-corrected chi connectivity index (χ2v) is 13.3. The van der Waals surface area contributed by atoms with Gasteiger partial charge in [0, 0.05) is 11.0 Å². The molecular formula is C32H33BrOP+. The molecule has 0 amide bonds. The third-order valence-electron chi connectivity index (χ3n) is 7.01. The first kappa shape index (κ1) is 25.4. The molecule has 0 saturated heterocycles. The molecule has 178 valence electrons. The van der Waals surface area contributed by atoms with Gasteiger partial charge in [-0.25, -0.2) is 0 Å². The molecule has 1 aliphatic heterocycles. The van der Waals surface area contributed by atoms with Gasteiger partial charge in [-0.3, -0.25) is 0 Å². The van der Waals surface area contributed by atoms with Crippen molar-refractivity contribution >= 4 is 45.7 Å². The van der Waals surface area contributed by atoms with Gasteiger partial charge >= 0.3 is 0 Å². The average Bonchev–Trinajstić information content (AvgIpc) is 3.20. The molecule has 3 heteroatoms. The van der Waals surface area contributed by atoms with Crippen molar-refractivity contribution in [3.8, 4) is 5.75 Å². The van der Waals surface area contributed by atoms with Crippen LogP contribution in [0.3, 0.4) is 0 Å². The van der Waals surface area contributed by atoms with Crippen LogP contribution in [-0.4, -0.2) is 12.8 Å². The highest BCUT2D eigenvalue weighted by molar-refractivity contribution is 8.93. The molecule has 0 atom stereocenters. The van der Waals surface area contributed by atoms with E-state index in [0.29, 0.717) is 0 Å². The molecular weight excluding hydrogens is 511 g/mol. The number of ether oxygens (including phenoxy) is 1. The van der Waals surface area contributed by atoms with Crippen LogP contribution >= 0.6 is 24.2 Å². The molecule has 35 heavy (non-hydrogen) atoms. The molecule has 0 N–H and O–H groups in total. The van der Waals surface area contributed by atoms with Crippen LogP contribution in [-0.2, 0) is 5.41 Å². The van der Waals surface area contributed by atoms with Gasteiger partial charge in [-0.2, -0.15) is 0 Å². The normalized spacial score (nSPS) is 14.5. The predicted molar refractivity (Wildman–Crippen MR) is 159 cm³/mol. The lowest BCUT2D eigenvalue weighted by Crippen LogP contribution is -2.33. The van der Waals surface area contributed by atoms with E-state index in [4.69, 9.17) is 4.74 Å². The Labute approximate surface area is 221 Å². The Morgan fingerprint density at radius 2 is 1.26 bits per heavy atom. The monoisotopic (exact) mass is 543 g/mol. The summed E-state index contributed by atoms with van der Waals surface area (Å²) in [6.45, 7) is 7.52. The standard InChI is InChI=1S/C32H32OP.BrH/c1-25(26-19-20-31-30(23-26)32(2,3)24-33-31)21-22-34(27-13-7-4-8-14-27,28-15-9-5-10-16-28)29-17-11-6-12-18-29;/h4-21,23H,22,24H2,1-3H3;1H/q+1;/b25-21+;. The largest absolute Gasteiger partial charge is 0.492 e. The average molecular weight is 544 g/mol. The van der Waals surface area contributed by atoms with Crippen molar-refractivity contribution in [3.05, 3.63) is 126 Å². The van der Waals surface area contributed by atoms with Gasteiger partial charge in [-0.15, -0.1) is 17.0 Å². The topological polar surface area (TPSA) is 9.23 Å². The van der Waals surface area contributed by atoms with Crippen LogP contribution < -0.4 is 20.7 Å². The summed E-state index contributed by atoms with van der Waals surface area (Å²) >= 11 is 0.